The minimum absolute atomic E-state index is 0.358. The lowest BCUT2D eigenvalue weighted by Gasteiger charge is -2.09. The van der Waals surface area contributed by atoms with Gasteiger partial charge in [-0.1, -0.05) is 25.0 Å². The lowest BCUT2D eigenvalue weighted by atomic mass is 9.98. The minimum atomic E-state index is -0.882. The number of benzene rings is 1. The van der Waals surface area contributed by atoms with E-state index in [1.165, 1.54) is 25.7 Å². The fourth-order valence-corrected chi connectivity index (χ4v) is 3.03. The fraction of sp³-hybridized carbons (Fsp3) is 0.375. The topological polar surface area (TPSA) is 55.1 Å². The van der Waals surface area contributed by atoms with E-state index in [1.54, 1.807) is 12.1 Å². The molecule has 3 rings (SSSR count). The summed E-state index contributed by atoms with van der Waals surface area (Å²) >= 11 is 0. The van der Waals surface area contributed by atoms with Crippen molar-refractivity contribution in [3.63, 3.8) is 0 Å². The summed E-state index contributed by atoms with van der Waals surface area (Å²) in [5, 5.41) is 13.7. The molecule has 1 aromatic heterocycles. The lowest BCUT2D eigenvalue weighted by Crippen LogP contribution is -2.04. The molecular weight excluding hydrogens is 252 g/mol. The summed E-state index contributed by atoms with van der Waals surface area (Å²) in [4.78, 5) is 11.2. The molecule has 1 aliphatic carbocycles. The maximum Gasteiger partial charge on any atom is 0.335 e. The number of hydrogen-bond donors (Lipinski definition) is 1. The van der Waals surface area contributed by atoms with Gasteiger partial charge in [-0.05, 0) is 37.0 Å². The van der Waals surface area contributed by atoms with Crippen LogP contribution in [0.5, 0.6) is 0 Å². The molecule has 2 aromatic rings. The van der Waals surface area contributed by atoms with Crippen LogP contribution < -0.4 is 0 Å². The number of carboxylic acids is 1. The number of carbonyl (C=O) groups is 1. The summed E-state index contributed by atoms with van der Waals surface area (Å²) in [7, 11) is 0. The van der Waals surface area contributed by atoms with Gasteiger partial charge >= 0.3 is 5.97 Å². The first kappa shape index (κ1) is 12.9. The van der Waals surface area contributed by atoms with Gasteiger partial charge < -0.3 is 5.11 Å². The highest BCUT2D eigenvalue weighted by Crippen LogP contribution is 2.31. The second-order valence-electron chi connectivity index (χ2n) is 5.43. The Bertz CT molecular complexity index is 640. The SMILES string of the molecule is Cc1c(C(=O)O)cccc1-c1cnn(C2CCCC2)c1. The van der Waals surface area contributed by atoms with Crippen molar-refractivity contribution in [1.82, 2.24) is 9.78 Å². The van der Waals surface area contributed by atoms with Crippen molar-refractivity contribution < 1.29 is 9.90 Å². The number of nitrogens with zero attached hydrogens (tertiary/aromatic N) is 2. The number of hydrogen-bond acceptors (Lipinski definition) is 2. The largest absolute Gasteiger partial charge is 0.478 e. The molecule has 0 aliphatic heterocycles. The number of aromatic nitrogens is 2. The predicted molar refractivity (Wildman–Crippen MR) is 76.9 cm³/mol. The summed E-state index contributed by atoms with van der Waals surface area (Å²) in [6, 6.07) is 5.89. The van der Waals surface area contributed by atoms with E-state index >= 15 is 0 Å². The monoisotopic (exact) mass is 270 g/mol. The fourth-order valence-electron chi connectivity index (χ4n) is 3.03. The molecule has 1 heterocycles. The van der Waals surface area contributed by atoms with Crippen LogP contribution in [-0.2, 0) is 0 Å². The van der Waals surface area contributed by atoms with Gasteiger partial charge in [-0.15, -0.1) is 0 Å². The molecule has 20 heavy (non-hydrogen) atoms. The minimum Gasteiger partial charge on any atom is -0.478 e. The highest BCUT2D eigenvalue weighted by atomic mass is 16.4. The zero-order chi connectivity index (χ0) is 14.1. The number of aromatic carboxylic acids is 1. The molecule has 0 radical (unpaired) electrons. The van der Waals surface area contributed by atoms with Gasteiger partial charge in [0.25, 0.3) is 0 Å². The van der Waals surface area contributed by atoms with E-state index in [1.807, 2.05) is 30.1 Å². The molecule has 4 heteroatoms. The van der Waals surface area contributed by atoms with Crippen molar-refractivity contribution >= 4 is 5.97 Å². The van der Waals surface area contributed by atoms with E-state index in [-0.39, 0.29) is 0 Å². The van der Waals surface area contributed by atoms with E-state index in [9.17, 15) is 9.90 Å². The summed E-state index contributed by atoms with van der Waals surface area (Å²) in [5.74, 6) is -0.882. The molecule has 1 N–H and O–H groups in total. The van der Waals surface area contributed by atoms with Crippen molar-refractivity contribution in [3.8, 4) is 11.1 Å². The lowest BCUT2D eigenvalue weighted by molar-refractivity contribution is 0.0696. The quantitative estimate of drug-likeness (QED) is 0.925. The van der Waals surface area contributed by atoms with Crippen molar-refractivity contribution in [2.45, 2.75) is 38.6 Å². The van der Waals surface area contributed by atoms with Gasteiger partial charge in [0.2, 0.25) is 0 Å². The second kappa shape index (κ2) is 5.12. The van der Waals surface area contributed by atoms with Crippen molar-refractivity contribution in [3.05, 3.63) is 41.7 Å². The van der Waals surface area contributed by atoms with E-state index in [4.69, 9.17) is 0 Å². The molecule has 104 valence electrons. The Kier molecular flexibility index (Phi) is 3.30. The number of rotatable bonds is 3. The van der Waals surface area contributed by atoms with Crippen LogP contribution in [0.4, 0.5) is 0 Å². The van der Waals surface area contributed by atoms with Crippen molar-refractivity contribution in [2.24, 2.45) is 0 Å². The van der Waals surface area contributed by atoms with E-state index in [0.29, 0.717) is 11.6 Å². The van der Waals surface area contributed by atoms with Gasteiger partial charge in [0.1, 0.15) is 0 Å². The van der Waals surface area contributed by atoms with E-state index in [0.717, 1.165) is 16.7 Å². The van der Waals surface area contributed by atoms with Gasteiger partial charge in [0.05, 0.1) is 17.8 Å². The predicted octanol–water partition coefficient (Wildman–Crippen LogP) is 3.67. The zero-order valence-corrected chi connectivity index (χ0v) is 11.5. The molecule has 0 saturated heterocycles. The van der Waals surface area contributed by atoms with Crippen LogP contribution in [0.15, 0.2) is 30.6 Å². The molecule has 0 spiro atoms. The average molecular weight is 270 g/mol. The van der Waals surface area contributed by atoms with Crippen molar-refractivity contribution in [1.29, 1.82) is 0 Å². The van der Waals surface area contributed by atoms with Crippen molar-refractivity contribution in [2.75, 3.05) is 0 Å². The highest BCUT2D eigenvalue weighted by Gasteiger charge is 2.18. The summed E-state index contributed by atoms with van der Waals surface area (Å²) < 4.78 is 2.04. The van der Waals surface area contributed by atoms with Crippen LogP contribution in [0.3, 0.4) is 0 Å². The van der Waals surface area contributed by atoms with Crippen LogP contribution in [0.2, 0.25) is 0 Å². The smallest absolute Gasteiger partial charge is 0.335 e. The average Bonchev–Trinajstić information content (AvgIpc) is 3.09. The Morgan fingerprint density at radius 1 is 1.35 bits per heavy atom. The Labute approximate surface area is 118 Å². The standard InChI is InChI=1S/C16H18N2O2/c1-11-14(7-4-8-15(11)16(19)20)12-9-17-18(10-12)13-5-2-3-6-13/h4,7-10,13H,2-3,5-6H2,1H3,(H,19,20). The van der Waals surface area contributed by atoms with Gasteiger partial charge in [-0.2, -0.15) is 5.10 Å². The van der Waals surface area contributed by atoms with Crippen LogP contribution >= 0.6 is 0 Å². The molecule has 0 atom stereocenters. The maximum atomic E-state index is 11.2. The Morgan fingerprint density at radius 2 is 2.10 bits per heavy atom. The third-order valence-corrected chi connectivity index (χ3v) is 4.18. The molecule has 0 amide bonds. The van der Waals surface area contributed by atoms with Gasteiger partial charge in [0.15, 0.2) is 0 Å². The zero-order valence-electron chi connectivity index (χ0n) is 11.5. The molecule has 0 unspecified atom stereocenters. The molecule has 1 saturated carbocycles. The van der Waals surface area contributed by atoms with Crippen LogP contribution in [-0.4, -0.2) is 20.9 Å². The normalized spacial score (nSPS) is 15.7. The highest BCUT2D eigenvalue weighted by molar-refractivity contribution is 5.91. The van der Waals surface area contributed by atoms with E-state index in [2.05, 4.69) is 5.10 Å². The molecular formula is C16H18N2O2. The van der Waals surface area contributed by atoms with Crippen LogP contribution in [0.1, 0.15) is 47.6 Å². The third kappa shape index (κ3) is 2.22. The van der Waals surface area contributed by atoms with E-state index < -0.39 is 5.97 Å². The Morgan fingerprint density at radius 3 is 2.80 bits per heavy atom. The molecule has 4 nitrogen and oxygen atoms in total. The number of carboxylic acid groups (broad SMARTS) is 1. The summed E-state index contributed by atoms with van der Waals surface area (Å²) in [6.07, 6.45) is 8.81. The molecule has 1 fully saturated rings. The van der Waals surface area contributed by atoms with Gasteiger partial charge in [-0.3, -0.25) is 4.68 Å². The first-order chi connectivity index (χ1) is 9.66. The Hall–Kier alpha value is -2.10. The van der Waals surface area contributed by atoms with Crippen LogP contribution in [0, 0.1) is 6.92 Å². The van der Waals surface area contributed by atoms with Crippen LogP contribution in [0.25, 0.3) is 11.1 Å². The summed E-state index contributed by atoms with van der Waals surface area (Å²) in [6.45, 7) is 1.85. The summed E-state index contributed by atoms with van der Waals surface area (Å²) in [5.41, 5.74) is 3.11. The molecule has 1 aromatic carbocycles. The first-order valence-electron chi connectivity index (χ1n) is 7.04. The second-order valence-corrected chi connectivity index (χ2v) is 5.43. The van der Waals surface area contributed by atoms with Gasteiger partial charge in [0, 0.05) is 11.8 Å². The maximum absolute atomic E-state index is 11.2. The third-order valence-electron chi connectivity index (χ3n) is 4.18. The first-order valence-corrected chi connectivity index (χ1v) is 7.04. The molecule has 1 aliphatic rings. The van der Waals surface area contributed by atoms with Gasteiger partial charge in [-0.25, -0.2) is 4.79 Å². The Balaban J connectivity index is 1.97. The molecule has 0 bridgehead atoms.